The second kappa shape index (κ2) is 11.0. The maximum Gasteiger partial charge on any atom is 0.287 e. The van der Waals surface area contributed by atoms with Crippen molar-refractivity contribution in [2.24, 2.45) is 5.92 Å². The van der Waals surface area contributed by atoms with Gasteiger partial charge in [0.1, 0.15) is 18.1 Å². The summed E-state index contributed by atoms with van der Waals surface area (Å²) in [5, 5.41) is 2.91. The zero-order valence-electron chi connectivity index (χ0n) is 23.0. The quantitative estimate of drug-likeness (QED) is 0.288. The van der Waals surface area contributed by atoms with Crippen molar-refractivity contribution in [3.63, 3.8) is 0 Å². The van der Waals surface area contributed by atoms with E-state index in [2.05, 4.69) is 53.5 Å². The fourth-order valence-electron chi connectivity index (χ4n) is 5.51. The largest absolute Gasteiger partial charge is 0.486 e. The van der Waals surface area contributed by atoms with E-state index < -0.39 is 0 Å². The molecule has 0 spiro atoms. The molecule has 40 heavy (non-hydrogen) atoms. The standard InChI is InChI=1S/C34H34N2O4/c1-22-5-3-7-24(17-22)20-35-33(37)31-14-13-29(40-31)21-39-28-12-11-25-15-16-36(34(38)26-9-10-26)32(30(25)19-28)27-8-4-6-23(2)18-27/h3-8,11-14,17-19,26,32H,9-10,15-16,20-21H2,1-2H3,(H,35,37). The van der Waals surface area contributed by atoms with Crippen LogP contribution in [0.25, 0.3) is 0 Å². The Morgan fingerprint density at radius 1 is 0.950 bits per heavy atom. The highest BCUT2D eigenvalue weighted by atomic mass is 16.5. The summed E-state index contributed by atoms with van der Waals surface area (Å²) in [6, 6.07) is 25.9. The molecule has 0 radical (unpaired) electrons. The van der Waals surface area contributed by atoms with Crippen LogP contribution in [-0.2, 0) is 24.4 Å². The molecule has 1 N–H and O–H groups in total. The highest BCUT2D eigenvalue weighted by Gasteiger charge is 2.39. The maximum absolute atomic E-state index is 13.3. The number of furan rings is 1. The van der Waals surface area contributed by atoms with E-state index in [0.717, 1.165) is 48.1 Å². The summed E-state index contributed by atoms with van der Waals surface area (Å²) in [6.07, 6.45) is 2.80. The first-order valence-corrected chi connectivity index (χ1v) is 14.0. The molecule has 1 fully saturated rings. The number of benzene rings is 3. The van der Waals surface area contributed by atoms with Gasteiger partial charge < -0.3 is 19.4 Å². The lowest BCUT2D eigenvalue weighted by atomic mass is 9.87. The summed E-state index contributed by atoms with van der Waals surface area (Å²) < 4.78 is 11.9. The minimum atomic E-state index is -0.261. The number of nitrogens with zero attached hydrogens (tertiary/aromatic N) is 1. The van der Waals surface area contributed by atoms with Crippen LogP contribution in [0.3, 0.4) is 0 Å². The molecule has 1 aliphatic heterocycles. The Kier molecular flexibility index (Phi) is 7.16. The van der Waals surface area contributed by atoms with Crippen LogP contribution in [0.4, 0.5) is 0 Å². The summed E-state index contributed by atoms with van der Waals surface area (Å²) in [5.74, 6) is 1.69. The third kappa shape index (κ3) is 5.67. The normalized spacial score (nSPS) is 16.4. The van der Waals surface area contributed by atoms with Crippen LogP contribution in [0, 0.1) is 19.8 Å². The third-order valence-corrected chi connectivity index (χ3v) is 7.72. The van der Waals surface area contributed by atoms with Gasteiger partial charge in [-0.2, -0.15) is 0 Å². The summed E-state index contributed by atoms with van der Waals surface area (Å²) >= 11 is 0. The van der Waals surface area contributed by atoms with Crippen LogP contribution in [0.2, 0.25) is 0 Å². The Balaban J connectivity index is 1.16. The molecule has 2 amide bonds. The van der Waals surface area contributed by atoms with Crippen LogP contribution in [0.15, 0.2) is 83.3 Å². The van der Waals surface area contributed by atoms with Gasteiger partial charge in [0.25, 0.3) is 5.91 Å². The molecule has 2 heterocycles. The fraction of sp³-hybridized carbons (Fsp3) is 0.294. The zero-order chi connectivity index (χ0) is 27.6. The first-order chi connectivity index (χ1) is 19.4. The number of ether oxygens (including phenoxy) is 1. The number of amides is 2. The predicted octanol–water partition coefficient (Wildman–Crippen LogP) is 6.29. The van der Waals surface area contributed by atoms with E-state index >= 15 is 0 Å². The summed E-state index contributed by atoms with van der Waals surface area (Å²) in [5.41, 5.74) is 6.84. The summed E-state index contributed by atoms with van der Waals surface area (Å²) in [7, 11) is 0. The lowest BCUT2D eigenvalue weighted by Gasteiger charge is -2.38. The second-order valence-corrected chi connectivity index (χ2v) is 11.0. The summed E-state index contributed by atoms with van der Waals surface area (Å²) in [6.45, 7) is 5.47. The van der Waals surface area contributed by atoms with E-state index in [0.29, 0.717) is 18.1 Å². The Bertz CT molecular complexity index is 1550. The van der Waals surface area contributed by atoms with Gasteiger partial charge in [-0.3, -0.25) is 9.59 Å². The molecular formula is C34H34N2O4. The first-order valence-electron chi connectivity index (χ1n) is 14.0. The molecule has 1 atom stereocenters. The summed E-state index contributed by atoms with van der Waals surface area (Å²) in [4.78, 5) is 28.0. The molecule has 4 aromatic rings. The molecule has 1 saturated carbocycles. The predicted molar refractivity (Wildman–Crippen MR) is 153 cm³/mol. The van der Waals surface area contributed by atoms with Gasteiger partial charge in [0.2, 0.25) is 5.91 Å². The lowest BCUT2D eigenvalue weighted by Crippen LogP contribution is -2.41. The monoisotopic (exact) mass is 534 g/mol. The molecule has 0 bridgehead atoms. The maximum atomic E-state index is 13.3. The van der Waals surface area contributed by atoms with Crippen LogP contribution in [0.1, 0.15) is 68.6 Å². The van der Waals surface area contributed by atoms with Gasteiger partial charge in [-0.05, 0) is 79.6 Å². The smallest absolute Gasteiger partial charge is 0.287 e. The van der Waals surface area contributed by atoms with Crippen molar-refractivity contribution in [3.8, 4) is 5.75 Å². The Morgan fingerprint density at radius 2 is 1.75 bits per heavy atom. The molecule has 1 aromatic heterocycles. The van der Waals surface area contributed by atoms with E-state index in [9.17, 15) is 9.59 Å². The van der Waals surface area contributed by atoms with Crippen molar-refractivity contribution >= 4 is 11.8 Å². The van der Waals surface area contributed by atoms with E-state index in [4.69, 9.17) is 9.15 Å². The van der Waals surface area contributed by atoms with Gasteiger partial charge in [-0.1, -0.05) is 65.7 Å². The van der Waals surface area contributed by atoms with Crippen LogP contribution in [-0.4, -0.2) is 23.3 Å². The van der Waals surface area contributed by atoms with Crippen molar-refractivity contribution in [1.82, 2.24) is 10.2 Å². The second-order valence-electron chi connectivity index (χ2n) is 11.0. The Morgan fingerprint density at radius 3 is 2.52 bits per heavy atom. The third-order valence-electron chi connectivity index (χ3n) is 7.72. The molecule has 204 valence electrons. The average Bonchev–Trinajstić information content (AvgIpc) is 3.71. The Labute approximate surface area is 235 Å². The van der Waals surface area contributed by atoms with Crippen molar-refractivity contribution in [2.75, 3.05) is 6.54 Å². The minimum Gasteiger partial charge on any atom is -0.486 e. The molecule has 2 aliphatic rings. The molecule has 3 aromatic carbocycles. The SMILES string of the molecule is Cc1cccc(CNC(=O)c2ccc(COc3ccc4c(c3)C(c3cccc(C)c3)N(C(=O)C3CC3)CC4)o2)c1. The van der Waals surface area contributed by atoms with E-state index in [1.54, 1.807) is 12.1 Å². The van der Waals surface area contributed by atoms with Crippen molar-refractivity contribution in [2.45, 2.75) is 52.3 Å². The first kappa shape index (κ1) is 25.9. The zero-order valence-corrected chi connectivity index (χ0v) is 23.0. The molecule has 6 heteroatoms. The lowest BCUT2D eigenvalue weighted by molar-refractivity contribution is -0.134. The highest BCUT2D eigenvalue weighted by molar-refractivity contribution is 5.91. The van der Waals surface area contributed by atoms with Crippen LogP contribution >= 0.6 is 0 Å². The van der Waals surface area contributed by atoms with Gasteiger partial charge >= 0.3 is 0 Å². The molecule has 0 saturated heterocycles. The number of carbonyl (C=O) groups excluding carboxylic acids is 2. The van der Waals surface area contributed by atoms with Gasteiger partial charge in [-0.25, -0.2) is 0 Å². The number of aryl methyl sites for hydroxylation is 2. The van der Waals surface area contributed by atoms with Gasteiger partial charge in [0, 0.05) is 19.0 Å². The highest BCUT2D eigenvalue weighted by Crippen LogP contribution is 2.41. The topological polar surface area (TPSA) is 71.8 Å². The van der Waals surface area contributed by atoms with E-state index in [1.807, 2.05) is 37.3 Å². The minimum absolute atomic E-state index is 0.132. The molecule has 1 aliphatic carbocycles. The van der Waals surface area contributed by atoms with Gasteiger partial charge in [0.15, 0.2) is 5.76 Å². The van der Waals surface area contributed by atoms with Crippen LogP contribution in [0.5, 0.6) is 5.75 Å². The van der Waals surface area contributed by atoms with Crippen molar-refractivity contribution < 1.29 is 18.7 Å². The number of rotatable bonds is 8. The van der Waals surface area contributed by atoms with Gasteiger partial charge in [0.05, 0.1) is 6.04 Å². The van der Waals surface area contributed by atoms with Gasteiger partial charge in [-0.15, -0.1) is 0 Å². The van der Waals surface area contributed by atoms with Crippen molar-refractivity contribution in [1.29, 1.82) is 0 Å². The molecular weight excluding hydrogens is 500 g/mol. The number of nitrogens with one attached hydrogen (secondary N) is 1. The van der Waals surface area contributed by atoms with E-state index in [-0.39, 0.29) is 36.1 Å². The fourth-order valence-corrected chi connectivity index (χ4v) is 5.51. The number of hydrogen-bond acceptors (Lipinski definition) is 4. The molecule has 1 unspecified atom stereocenters. The number of fused-ring (bicyclic) bond motifs is 1. The Hall–Kier alpha value is -4.32. The average molecular weight is 535 g/mol. The molecule has 6 rings (SSSR count). The van der Waals surface area contributed by atoms with Crippen LogP contribution < -0.4 is 10.1 Å². The van der Waals surface area contributed by atoms with E-state index in [1.165, 1.54) is 11.1 Å². The molecule has 6 nitrogen and oxygen atoms in total. The number of hydrogen-bond donors (Lipinski definition) is 1. The number of carbonyl (C=O) groups is 2. The van der Waals surface area contributed by atoms with Crippen molar-refractivity contribution in [3.05, 3.63) is 124 Å².